The predicted octanol–water partition coefficient (Wildman–Crippen LogP) is 1.51. The van der Waals surface area contributed by atoms with Gasteiger partial charge in [0.05, 0.1) is 18.7 Å². The number of hydrogen-bond donors (Lipinski definition) is 2. The van der Waals surface area contributed by atoms with E-state index >= 15 is 0 Å². The quantitative estimate of drug-likeness (QED) is 0.561. The Morgan fingerprint density at radius 3 is 3.05 bits per heavy atom. The average molecular weight is 261 g/mol. The van der Waals surface area contributed by atoms with Gasteiger partial charge in [0, 0.05) is 18.4 Å². The lowest BCUT2D eigenvalue weighted by Crippen LogP contribution is -2.30. The molecule has 0 radical (unpaired) electrons. The molecule has 1 aliphatic carbocycles. The SMILES string of the molecule is N#CC1C=CC(CN2CNC=C2CC[N-]CO)CC1. The van der Waals surface area contributed by atoms with Gasteiger partial charge in [-0.3, -0.25) is 0 Å². The molecule has 5 nitrogen and oxygen atoms in total. The fourth-order valence-electron chi connectivity index (χ4n) is 2.56. The predicted molar refractivity (Wildman–Crippen MR) is 73.7 cm³/mol. The Bertz CT molecular complexity index is 385. The van der Waals surface area contributed by atoms with Crippen LogP contribution in [-0.4, -0.2) is 36.5 Å². The van der Waals surface area contributed by atoms with Crippen molar-refractivity contribution in [2.75, 3.05) is 26.5 Å². The summed E-state index contributed by atoms with van der Waals surface area (Å²) in [5, 5.41) is 24.7. The summed E-state index contributed by atoms with van der Waals surface area (Å²) in [5.41, 5.74) is 1.26. The first kappa shape index (κ1) is 13.9. The van der Waals surface area contributed by atoms with Gasteiger partial charge in [-0.15, -0.1) is 6.54 Å². The highest BCUT2D eigenvalue weighted by Crippen LogP contribution is 2.24. The molecule has 2 aliphatic rings. The zero-order chi connectivity index (χ0) is 13.5. The van der Waals surface area contributed by atoms with E-state index in [1.165, 1.54) is 5.70 Å². The summed E-state index contributed by atoms with van der Waals surface area (Å²) < 4.78 is 0. The molecular weight excluding hydrogens is 240 g/mol. The van der Waals surface area contributed by atoms with Gasteiger partial charge in [0.1, 0.15) is 0 Å². The molecule has 0 aromatic rings. The molecule has 104 valence electrons. The van der Waals surface area contributed by atoms with Gasteiger partial charge in [-0.2, -0.15) is 5.26 Å². The maximum atomic E-state index is 8.86. The molecule has 2 unspecified atom stereocenters. The van der Waals surface area contributed by atoms with Gasteiger partial charge in [0.15, 0.2) is 0 Å². The lowest BCUT2D eigenvalue weighted by atomic mass is 9.89. The smallest absolute Gasteiger partial charge is 0.0870 e. The molecule has 2 atom stereocenters. The van der Waals surface area contributed by atoms with Crippen LogP contribution in [0.25, 0.3) is 5.32 Å². The van der Waals surface area contributed by atoms with Crippen LogP contribution in [0.2, 0.25) is 0 Å². The van der Waals surface area contributed by atoms with E-state index in [4.69, 9.17) is 10.4 Å². The van der Waals surface area contributed by atoms with Gasteiger partial charge < -0.3 is 20.6 Å². The number of hydrogen-bond acceptors (Lipinski definition) is 4. The number of nitrogens with one attached hydrogen (secondary N) is 1. The number of aliphatic hydroxyl groups is 1. The zero-order valence-electron chi connectivity index (χ0n) is 11.1. The minimum absolute atomic E-state index is 0.0956. The van der Waals surface area contributed by atoms with Crippen molar-refractivity contribution >= 4 is 0 Å². The number of nitrogens with zero attached hydrogens (tertiary/aromatic N) is 3. The van der Waals surface area contributed by atoms with E-state index in [9.17, 15) is 0 Å². The van der Waals surface area contributed by atoms with Crippen molar-refractivity contribution in [2.45, 2.75) is 19.3 Å². The van der Waals surface area contributed by atoms with Gasteiger partial charge in [0.2, 0.25) is 0 Å². The first-order valence-corrected chi connectivity index (χ1v) is 6.83. The third-order valence-electron chi connectivity index (χ3n) is 3.67. The minimum Gasteiger partial charge on any atom is -0.639 e. The van der Waals surface area contributed by atoms with Crippen molar-refractivity contribution in [3.05, 3.63) is 29.4 Å². The molecule has 0 aromatic carbocycles. The maximum Gasteiger partial charge on any atom is 0.0870 e. The summed E-state index contributed by atoms with van der Waals surface area (Å²) in [7, 11) is 0. The Labute approximate surface area is 114 Å². The van der Waals surface area contributed by atoms with E-state index in [1.54, 1.807) is 0 Å². The van der Waals surface area contributed by atoms with Crippen LogP contribution in [0.4, 0.5) is 0 Å². The molecule has 2 rings (SSSR count). The summed E-state index contributed by atoms with van der Waals surface area (Å²) >= 11 is 0. The molecule has 1 heterocycles. The van der Waals surface area contributed by atoms with Crippen LogP contribution >= 0.6 is 0 Å². The first-order valence-electron chi connectivity index (χ1n) is 6.83. The second kappa shape index (κ2) is 7.17. The van der Waals surface area contributed by atoms with E-state index in [0.29, 0.717) is 12.5 Å². The summed E-state index contributed by atoms with van der Waals surface area (Å²) in [5.74, 6) is 0.633. The lowest BCUT2D eigenvalue weighted by Gasteiger charge is -2.28. The van der Waals surface area contributed by atoms with Crippen molar-refractivity contribution in [1.82, 2.24) is 10.2 Å². The second-order valence-corrected chi connectivity index (χ2v) is 5.02. The third kappa shape index (κ3) is 3.98. The molecule has 0 aromatic heterocycles. The van der Waals surface area contributed by atoms with Crippen molar-refractivity contribution in [3.8, 4) is 6.07 Å². The molecule has 0 amide bonds. The minimum atomic E-state index is -0.0956. The van der Waals surface area contributed by atoms with Gasteiger partial charge in [-0.1, -0.05) is 12.2 Å². The summed E-state index contributed by atoms with van der Waals surface area (Å²) in [6.07, 6.45) is 9.19. The van der Waals surface area contributed by atoms with Gasteiger partial charge >= 0.3 is 0 Å². The van der Waals surface area contributed by atoms with E-state index in [-0.39, 0.29) is 12.6 Å². The topological polar surface area (TPSA) is 73.4 Å². The number of allylic oxidation sites excluding steroid dienone is 1. The lowest BCUT2D eigenvalue weighted by molar-refractivity contribution is 0.297. The van der Waals surface area contributed by atoms with Crippen LogP contribution in [0.15, 0.2) is 24.0 Å². The summed E-state index contributed by atoms with van der Waals surface area (Å²) in [6.45, 7) is 2.41. The first-order chi connectivity index (χ1) is 9.33. The summed E-state index contributed by atoms with van der Waals surface area (Å²) in [4.78, 5) is 2.33. The molecular formula is C14H21N4O-. The molecule has 0 saturated carbocycles. The maximum absolute atomic E-state index is 8.86. The van der Waals surface area contributed by atoms with Crippen molar-refractivity contribution < 1.29 is 5.11 Å². The Morgan fingerprint density at radius 1 is 1.47 bits per heavy atom. The monoisotopic (exact) mass is 261 g/mol. The molecule has 0 bridgehead atoms. The van der Waals surface area contributed by atoms with E-state index < -0.39 is 0 Å². The molecule has 5 heteroatoms. The molecule has 0 spiro atoms. The van der Waals surface area contributed by atoms with Crippen molar-refractivity contribution in [1.29, 1.82) is 5.26 Å². The van der Waals surface area contributed by atoms with E-state index in [1.807, 2.05) is 12.3 Å². The molecule has 19 heavy (non-hydrogen) atoms. The molecule has 1 aliphatic heterocycles. The van der Waals surface area contributed by atoms with E-state index in [0.717, 1.165) is 32.5 Å². The highest BCUT2D eigenvalue weighted by Gasteiger charge is 2.20. The van der Waals surface area contributed by atoms with Crippen LogP contribution in [0.5, 0.6) is 0 Å². The van der Waals surface area contributed by atoms with Crippen LogP contribution in [0.3, 0.4) is 0 Å². The van der Waals surface area contributed by atoms with Gasteiger partial charge in [-0.05, 0) is 31.9 Å². The summed E-state index contributed by atoms with van der Waals surface area (Å²) in [6, 6.07) is 2.30. The average Bonchev–Trinajstić information content (AvgIpc) is 2.87. The van der Waals surface area contributed by atoms with E-state index in [2.05, 4.69) is 27.7 Å². The van der Waals surface area contributed by atoms with Crippen molar-refractivity contribution in [2.24, 2.45) is 11.8 Å². The highest BCUT2D eigenvalue weighted by molar-refractivity contribution is 5.11. The number of aliphatic hydroxyl groups excluding tert-OH is 1. The van der Waals surface area contributed by atoms with Crippen LogP contribution in [0.1, 0.15) is 19.3 Å². The third-order valence-corrected chi connectivity index (χ3v) is 3.67. The fraction of sp³-hybridized carbons (Fsp3) is 0.643. The van der Waals surface area contributed by atoms with Gasteiger partial charge in [-0.25, -0.2) is 0 Å². The fourth-order valence-corrected chi connectivity index (χ4v) is 2.56. The second-order valence-electron chi connectivity index (χ2n) is 5.02. The Hall–Kier alpha value is -1.51. The number of nitriles is 1. The van der Waals surface area contributed by atoms with Crippen LogP contribution in [0, 0.1) is 23.2 Å². The molecule has 2 N–H and O–H groups in total. The van der Waals surface area contributed by atoms with Crippen LogP contribution < -0.4 is 5.32 Å². The Kier molecular flexibility index (Phi) is 5.25. The Balaban J connectivity index is 1.79. The van der Waals surface area contributed by atoms with Crippen molar-refractivity contribution in [3.63, 3.8) is 0 Å². The molecule has 0 fully saturated rings. The van der Waals surface area contributed by atoms with Crippen LogP contribution in [-0.2, 0) is 0 Å². The number of rotatable bonds is 6. The molecule has 0 saturated heterocycles. The standard InChI is InChI=1S/C14H21N4O/c15-7-12-1-3-13(4-2-12)9-18-10-17-8-14(18)5-6-16-11-19/h1,3,8,12-13,17,19H,2,4-6,9-11H2/q-1. The Morgan fingerprint density at radius 2 is 2.37 bits per heavy atom. The largest absolute Gasteiger partial charge is 0.639 e. The normalized spacial score (nSPS) is 25.9. The highest BCUT2D eigenvalue weighted by atomic mass is 16.3. The zero-order valence-corrected chi connectivity index (χ0v) is 11.1. The van der Waals surface area contributed by atoms with Gasteiger partial charge in [0.25, 0.3) is 0 Å².